The summed E-state index contributed by atoms with van der Waals surface area (Å²) in [7, 11) is 0. The van der Waals surface area contributed by atoms with Crippen LogP contribution in [0.25, 0.3) is 0 Å². The van der Waals surface area contributed by atoms with E-state index in [2.05, 4.69) is 0 Å². The van der Waals surface area contributed by atoms with Gasteiger partial charge < -0.3 is 9.84 Å². The van der Waals surface area contributed by atoms with Crippen LogP contribution in [-0.2, 0) is 9.53 Å². The van der Waals surface area contributed by atoms with Gasteiger partial charge in [0.25, 0.3) is 0 Å². The van der Waals surface area contributed by atoms with Crippen LogP contribution in [0.15, 0.2) is 0 Å². The summed E-state index contributed by atoms with van der Waals surface area (Å²) in [4.78, 5) is 11.9. The summed E-state index contributed by atoms with van der Waals surface area (Å²) in [6.07, 6.45) is -0.00276. The Balaban J connectivity index is 4.75. The van der Waals surface area contributed by atoms with E-state index in [1.54, 1.807) is 0 Å². The molecule has 0 fully saturated rings. The predicted molar refractivity (Wildman–Crippen MR) is 74.3 cm³/mol. The first-order chi connectivity index (χ1) is 7.91. The van der Waals surface area contributed by atoms with Crippen molar-refractivity contribution in [2.75, 3.05) is 0 Å². The van der Waals surface area contributed by atoms with Crippen LogP contribution in [0.5, 0.6) is 0 Å². The van der Waals surface area contributed by atoms with Crippen LogP contribution in [0.1, 0.15) is 61.8 Å². The van der Waals surface area contributed by atoms with Gasteiger partial charge in [-0.05, 0) is 32.6 Å². The van der Waals surface area contributed by atoms with E-state index < -0.39 is 11.5 Å². The largest absolute Gasteiger partial charge is 0.462 e. The fraction of sp³-hybridized carbons (Fsp3) is 0.933. The van der Waals surface area contributed by atoms with Crippen LogP contribution in [0.4, 0.5) is 0 Å². The minimum absolute atomic E-state index is 0.0682. The van der Waals surface area contributed by atoms with Crippen LogP contribution >= 0.6 is 0 Å². The fourth-order valence-corrected chi connectivity index (χ4v) is 1.87. The third-order valence-electron chi connectivity index (χ3n) is 3.24. The Labute approximate surface area is 112 Å². The maximum Gasteiger partial charge on any atom is 0.311 e. The number of esters is 1. The molecule has 0 saturated carbocycles. The lowest BCUT2D eigenvalue weighted by Gasteiger charge is -2.35. The fourth-order valence-electron chi connectivity index (χ4n) is 1.87. The van der Waals surface area contributed by atoms with Gasteiger partial charge >= 0.3 is 5.97 Å². The average Bonchev–Trinajstić information content (AvgIpc) is 2.20. The number of hydrogen-bond donors (Lipinski definition) is 1. The molecule has 0 spiro atoms. The maximum atomic E-state index is 11.9. The third kappa shape index (κ3) is 4.97. The molecule has 0 rings (SSSR count). The number of carbonyl (C=O) groups is 1. The topological polar surface area (TPSA) is 46.5 Å². The van der Waals surface area contributed by atoms with Gasteiger partial charge in [-0.2, -0.15) is 0 Å². The molecule has 0 saturated heterocycles. The molecule has 3 nitrogen and oxygen atoms in total. The molecule has 0 aromatic rings. The van der Waals surface area contributed by atoms with Crippen molar-refractivity contribution in [3.63, 3.8) is 0 Å². The second-order valence-electron chi connectivity index (χ2n) is 7.27. The van der Waals surface area contributed by atoms with E-state index in [9.17, 15) is 9.90 Å². The van der Waals surface area contributed by atoms with E-state index in [0.29, 0.717) is 0 Å². The zero-order chi connectivity index (χ0) is 14.7. The summed E-state index contributed by atoms with van der Waals surface area (Å²) in [6, 6.07) is 0. The van der Waals surface area contributed by atoms with E-state index in [0.717, 1.165) is 6.42 Å². The summed E-state index contributed by atoms with van der Waals surface area (Å²) >= 11 is 0. The molecule has 0 aliphatic heterocycles. The van der Waals surface area contributed by atoms with E-state index in [4.69, 9.17) is 4.74 Å². The number of carbonyl (C=O) groups excluding carboxylic acids is 1. The quantitative estimate of drug-likeness (QED) is 0.786. The molecule has 0 aromatic carbocycles. The van der Waals surface area contributed by atoms with Gasteiger partial charge in [-0.1, -0.05) is 34.6 Å². The summed E-state index contributed by atoms with van der Waals surface area (Å²) < 4.78 is 5.54. The van der Waals surface area contributed by atoms with Gasteiger partial charge in [-0.3, -0.25) is 4.79 Å². The second kappa shape index (κ2) is 6.05. The average molecular weight is 258 g/mol. The molecule has 108 valence electrons. The highest BCUT2D eigenvalue weighted by Crippen LogP contribution is 2.30. The first kappa shape index (κ1) is 17.4. The second-order valence-corrected chi connectivity index (χ2v) is 7.27. The van der Waals surface area contributed by atoms with Crippen LogP contribution in [0, 0.1) is 16.7 Å². The number of rotatable bonds is 4. The zero-order valence-electron chi connectivity index (χ0n) is 13.2. The first-order valence-electron chi connectivity index (χ1n) is 6.80. The summed E-state index contributed by atoms with van der Waals surface area (Å²) in [6.45, 7) is 15.4. The van der Waals surface area contributed by atoms with Gasteiger partial charge in [-0.15, -0.1) is 0 Å². The van der Waals surface area contributed by atoms with Crippen molar-refractivity contribution >= 4 is 5.97 Å². The first-order valence-corrected chi connectivity index (χ1v) is 6.80. The van der Waals surface area contributed by atoms with Gasteiger partial charge in [0.05, 0.1) is 11.5 Å². The molecular weight excluding hydrogens is 228 g/mol. The number of hydrogen-bond acceptors (Lipinski definition) is 3. The minimum Gasteiger partial charge on any atom is -0.462 e. The monoisotopic (exact) mass is 258 g/mol. The van der Waals surface area contributed by atoms with Crippen LogP contribution in [-0.4, -0.2) is 23.3 Å². The van der Waals surface area contributed by atoms with Crippen LogP contribution in [0.2, 0.25) is 0 Å². The Morgan fingerprint density at radius 3 is 1.89 bits per heavy atom. The normalized spacial score (nSPS) is 18.1. The van der Waals surface area contributed by atoms with Crippen molar-refractivity contribution in [2.24, 2.45) is 16.7 Å². The number of ether oxygens (including phenoxy) is 1. The predicted octanol–water partition coefficient (Wildman–Crippen LogP) is 3.40. The smallest absolute Gasteiger partial charge is 0.311 e. The van der Waals surface area contributed by atoms with Crippen LogP contribution in [0.3, 0.4) is 0 Å². The van der Waals surface area contributed by atoms with E-state index in [-0.39, 0.29) is 23.4 Å². The molecule has 0 heterocycles. The Bertz CT molecular complexity index is 270. The molecule has 0 aliphatic rings. The molecular formula is C15H30O3. The van der Waals surface area contributed by atoms with Gasteiger partial charge in [0.2, 0.25) is 0 Å². The summed E-state index contributed by atoms with van der Waals surface area (Å²) in [5, 5.41) is 10.3. The highest BCUT2D eigenvalue weighted by Gasteiger charge is 2.35. The van der Waals surface area contributed by atoms with E-state index >= 15 is 0 Å². The van der Waals surface area contributed by atoms with Crippen molar-refractivity contribution in [3.05, 3.63) is 0 Å². The van der Waals surface area contributed by atoms with Crippen LogP contribution < -0.4 is 0 Å². The van der Waals surface area contributed by atoms with Gasteiger partial charge in [0.1, 0.15) is 6.10 Å². The molecule has 0 aromatic heterocycles. The number of aliphatic hydroxyl groups is 1. The lowest BCUT2D eigenvalue weighted by Crippen LogP contribution is -2.41. The minimum atomic E-state index is -0.500. The van der Waals surface area contributed by atoms with Crippen molar-refractivity contribution in [2.45, 2.75) is 74.0 Å². The molecule has 1 N–H and O–H groups in total. The molecule has 0 amide bonds. The van der Waals surface area contributed by atoms with Gasteiger partial charge in [-0.25, -0.2) is 0 Å². The summed E-state index contributed by atoms with van der Waals surface area (Å²) in [5.74, 6) is -0.274. The van der Waals surface area contributed by atoms with E-state index in [1.807, 2.05) is 55.4 Å². The SMILES string of the molecule is CC[C@@H](OC(=O)C(C)(C)C)[C@H](C)[C@H](O)C(C)(C)C. The number of aliphatic hydroxyl groups excluding tert-OH is 1. The lowest BCUT2D eigenvalue weighted by molar-refractivity contribution is -0.165. The Hall–Kier alpha value is -0.570. The molecule has 18 heavy (non-hydrogen) atoms. The van der Waals surface area contributed by atoms with Gasteiger partial charge in [0.15, 0.2) is 0 Å². The standard InChI is InChI=1S/C15H30O3/c1-9-11(18-13(17)15(6,7)8)10(2)12(16)14(3,4)5/h10-12,16H,9H2,1-8H3/t10-,11+,12-/m0/s1. The molecule has 3 heteroatoms. The molecule has 0 aliphatic carbocycles. The zero-order valence-corrected chi connectivity index (χ0v) is 13.2. The molecule has 3 atom stereocenters. The summed E-state index contributed by atoms with van der Waals surface area (Å²) in [5.41, 5.74) is -0.708. The molecule has 0 radical (unpaired) electrons. The maximum absolute atomic E-state index is 11.9. The Morgan fingerprint density at radius 2 is 1.61 bits per heavy atom. The lowest BCUT2D eigenvalue weighted by atomic mass is 9.79. The van der Waals surface area contributed by atoms with Crippen molar-refractivity contribution in [3.8, 4) is 0 Å². The Kier molecular flexibility index (Phi) is 5.86. The highest BCUT2D eigenvalue weighted by atomic mass is 16.5. The van der Waals surface area contributed by atoms with Crippen molar-refractivity contribution < 1.29 is 14.6 Å². The van der Waals surface area contributed by atoms with Crippen molar-refractivity contribution in [1.29, 1.82) is 0 Å². The molecule has 0 unspecified atom stereocenters. The van der Waals surface area contributed by atoms with Gasteiger partial charge in [0, 0.05) is 5.92 Å². The third-order valence-corrected chi connectivity index (χ3v) is 3.24. The highest BCUT2D eigenvalue weighted by molar-refractivity contribution is 5.75. The van der Waals surface area contributed by atoms with Crippen molar-refractivity contribution in [1.82, 2.24) is 0 Å². The Morgan fingerprint density at radius 1 is 1.17 bits per heavy atom. The molecule has 0 bridgehead atoms. The van der Waals surface area contributed by atoms with E-state index in [1.165, 1.54) is 0 Å².